The van der Waals surface area contributed by atoms with Gasteiger partial charge in [-0.1, -0.05) is 19.1 Å². The lowest BCUT2D eigenvalue weighted by molar-refractivity contribution is -0.127. The largest absolute Gasteiger partial charge is 0.504 e. The number of carbonyl (C=O) groups is 1. The number of likely N-dealkylation sites (tertiary alicyclic amines) is 1. The summed E-state index contributed by atoms with van der Waals surface area (Å²) in [7, 11) is 1.56. The molecule has 0 unspecified atom stereocenters. The predicted molar refractivity (Wildman–Crippen MR) is 90.6 cm³/mol. The first-order valence-electron chi connectivity index (χ1n) is 8.42. The average Bonchev–Trinajstić information content (AvgIpc) is 2.57. The van der Waals surface area contributed by atoms with Crippen LogP contribution >= 0.6 is 0 Å². The maximum atomic E-state index is 12.2. The Kier molecular flexibility index (Phi) is 6.28. The molecule has 0 saturated carbocycles. The van der Waals surface area contributed by atoms with Crippen LogP contribution in [0.2, 0.25) is 0 Å². The van der Waals surface area contributed by atoms with Crippen molar-refractivity contribution in [2.75, 3.05) is 20.2 Å². The van der Waals surface area contributed by atoms with E-state index < -0.39 is 0 Å². The maximum Gasteiger partial charge on any atom is 0.223 e. The molecule has 1 aliphatic rings. The third kappa shape index (κ3) is 4.61. The van der Waals surface area contributed by atoms with E-state index in [4.69, 9.17) is 4.74 Å². The van der Waals surface area contributed by atoms with E-state index in [2.05, 4.69) is 17.1 Å². The van der Waals surface area contributed by atoms with Gasteiger partial charge in [-0.25, -0.2) is 0 Å². The molecule has 1 heterocycles. The van der Waals surface area contributed by atoms with Crippen LogP contribution < -0.4 is 10.1 Å². The summed E-state index contributed by atoms with van der Waals surface area (Å²) in [5.41, 5.74) is 0.867. The van der Waals surface area contributed by atoms with Crippen LogP contribution in [-0.2, 0) is 11.3 Å². The Labute approximate surface area is 138 Å². The molecule has 1 aromatic rings. The van der Waals surface area contributed by atoms with Crippen molar-refractivity contribution in [2.24, 2.45) is 5.92 Å². The minimum Gasteiger partial charge on any atom is -0.504 e. The summed E-state index contributed by atoms with van der Waals surface area (Å²) >= 11 is 0. The monoisotopic (exact) mass is 320 g/mol. The number of methoxy groups -OCH3 is 1. The fraction of sp³-hybridized carbons (Fsp3) is 0.611. The molecule has 2 N–H and O–H groups in total. The minimum absolute atomic E-state index is 0.110. The van der Waals surface area contributed by atoms with Crippen molar-refractivity contribution in [2.45, 2.75) is 45.7 Å². The van der Waals surface area contributed by atoms with Gasteiger partial charge in [0, 0.05) is 24.1 Å². The van der Waals surface area contributed by atoms with E-state index in [-0.39, 0.29) is 23.6 Å². The molecule has 0 radical (unpaired) electrons. The summed E-state index contributed by atoms with van der Waals surface area (Å²) in [6.45, 7) is 6.54. The zero-order valence-electron chi connectivity index (χ0n) is 14.3. The van der Waals surface area contributed by atoms with Crippen molar-refractivity contribution in [1.29, 1.82) is 0 Å². The number of amides is 1. The highest BCUT2D eigenvalue weighted by atomic mass is 16.5. The molecule has 128 valence electrons. The van der Waals surface area contributed by atoms with Gasteiger partial charge in [-0.05, 0) is 45.3 Å². The molecule has 23 heavy (non-hydrogen) atoms. The van der Waals surface area contributed by atoms with E-state index in [1.807, 2.05) is 19.1 Å². The molecule has 1 amide bonds. The van der Waals surface area contributed by atoms with Crippen molar-refractivity contribution in [3.63, 3.8) is 0 Å². The fourth-order valence-electron chi connectivity index (χ4n) is 2.92. The van der Waals surface area contributed by atoms with Crippen LogP contribution in [0.5, 0.6) is 11.5 Å². The van der Waals surface area contributed by atoms with E-state index in [0.717, 1.165) is 37.9 Å². The summed E-state index contributed by atoms with van der Waals surface area (Å²) < 4.78 is 5.15. The Morgan fingerprint density at radius 3 is 2.74 bits per heavy atom. The van der Waals surface area contributed by atoms with Crippen molar-refractivity contribution in [1.82, 2.24) is 10.2 Å². The summed E-state index contributed by atoms with van der Waals surface area (Å²) in [5, 5.41) is 13.2. The smallest absolute Gasteiger partial charge is 0.223 e. The lowest BCUT2D eigenvalue weighted by atomic mass is 9.95. The van der Waals surface area contributed by atoms with Crippen LogP contribution in [-0.4, -0.2) is 42.2 Å². The third-order valence-electron chi connectivity index (χ3n) is 4.66. The molecule has 0 aromatic heterocycles. The number of aromatic hydroxyl groups is 1. The first-order valence-corrected chi connectivity index (χ1v) is 8.42. The Morgan fingerprint density at radius 1 is 1.43 bits per heavy atom. The van der Waals surface area contributed by atoms with Gasteiger partial charge in [0.2, 0.25) is 5.91 Å². The summed E-state index contributed by atoms with van der Waals surface area (Å²) in [4.78, 5) is 14.5. The number of piperidine rings is 1. The number of nitrogens with zero attached hydrogens (tertiary/aromatic N) is 1. The summed E-state index contributed by atoms with van der Waals surface area (Å²) in [6, 6.07) is 5.80. The van der Waals surface area contributed by atoms with Gasteiger partial charge in [0.1, 0.15) is 0 Å². The Morgan fingerprint density at radius 2 is 2.13 bits per heavy atom. The van der Waals surface area contributed by atoms with Crippen LogP contribution in [0.1, 0.15) is 38.7 Å². The molecule has 1 saturated heterocycles. The van der Waals surface area contributed by atoms with Crippen LogP contribution in [0.25, 0.3) is 0 Å². The Bertz CT molecular complexity index is 525. The molecule has 0 spiro atoms. The molecule has 0 bridgehead atoms. The van der Waals surface area contributed by atoms with Gasteiger partial charge in [-0.2, -0.15) is 0 Å². The van der Waals surface area contributed by atoms with Gasteiger partial charge >= 0.3 is 0 Å². The van der Waals surface area contributed by atoms with Crippen molar-refractivity contribution >= 4 is 5.91 Å². The highest BCUT2D eigenvalue weighted by Gasteiger charge is 2.26. The number of nitrogens with one attached hydrogen (secondary N) is 1. The van der Waals surface area contributed by atoms with Crippen molar-refractivity contribution in [3.8, 4) is 11.5 Å². The van der Waals surface area contributed by atoms with Crippen molar-refractivity contribution < 1.29 is 14.6 Å². The lowest BCUT2D eigenvalue weighted by Gasteiger charge is -2.32. The van der Waals surface area contributed by atoms with Gasteiger partial charge in [0.25, 0.3) is 0 Å². The van der Waals surface area contributed by atoms with Gasteiger partial charge in [0.05, 0.1) is 7.11 Å². The average molecular weight is 320 g/mol. The number of rotatable bonds is 6. The molecule has 0 aliphatic carbocycles. The van der Waals surface area contributed by atoms with E-state index in [0.29, 0.717) is 12.3 Å². The zero-order valence-corrected chi connectivity index (χ0v) is 14.3. The van der Waals surface area contributed by atoms with E-state index in [9.17, 15) is 9.90 Å². The highest BCUT2D eigenvalue weighted by molar-refractivity contribution is 5.79. The molecule has 2 rings (SSSR count). The Hall–Kier alpha value is -1.75. The fourth-order valence-corrected chi connectivity index (χ4v) is 2.92. The molecule has 5 heteroatoms. The number of phenolic OH excluding ortho intramolecular Hbond substituents is 1. The number of ether oxygens (including phenoxy) is 1. The SMILES string of the molecule is CC[C@H](C)NC(=O)C1CCN(Cc2cccc(OC)c2O)CC1. The third-order valence-corrected chi connectivity index (χ3v) is 4.66. The van der Waals surface area contributed by atoms with Crippen LogP contribution in [0, 0.1) is 5.92 Å². The highest BCUT2D eigenvalue weighted by Crippen LogP contribution is 2.31. The number of phenols is 1. The Balaban J connectivity index is 1.87. The molecule has 1 aromatic carbocycles. The minimum atomic E-state index is 0.110. The van der Waals surface area contributed by atoms with Crippen molar-refractivity contribution in [3.05, 3.63) is 23.8 Å². The maximum absolute atomic E-state index is 12.2. The van der Waals surface area contributed by atoms with E-state index in [1.165, 1.54) is 0 Å². The predicted octanol–water partition coefficient (Wildman–Crippen LogP) is 2.53. The zero-order chi connectivity index (χ0) is 16.8. The molecule has 1 fully saturated rings. The molecule has 1 aliphatic heterocycles. The second-order valence-electron chi connectivity index (χ2n) is 6.34. The second-order valence-corrected chi connectivity index (χ2v) is 6.34. The number of benzene rings is 1. The number of para-hydroxylation sites is 1. The van der Waals surface area contributed by atoms with Gasteiger partial charge < -0.3 is 15.2 Å². The van der Waals surface area contributed by atoms with Gasteiger partial charge in [-0.3, -0.25) is 9.69 Å². The standard InChI is InChI=1S/C18H28N2O3/c1-4-13(2)19-18(22)14-8-10-20(11-9-14)12-15-6-5-7-16(23-3)17(15)21/h5-7,13-14,21H,4,8-12H2,1-3H3,(H,19,22)/t13-/m0/s1. The van der Waals surface area contributed by atoms with Crippen LogP contribution in [0.15, 0.2) is 18.2 Å². The number of carbonyl (C=O) groups excluding carboxylic acids is 1. The van der Waals surface area contributed by atoms with E-state index >= 15 is 0 Å². The van der Waals surface area contributed by atoms with Gasteiger partial charge in [-0.15, -0.1) is 0 Å². The summed E-state index contributed by atoms with van der Waals surface area (Å²) in [5.74, 6) is 1.01. The number of hydrogen-bond donors (Lipinski definition) is 2. The normalized spacial score (nSPS) is 17.7. The number of hydrogen-bond acceptors (Lipinski definition) is 4. The lowest BCUT2D eigenvalue weighted by Crippen LogP contribution is -2.42. The molecule has 1 atom stereocenters. The molecular weight excluding hydrogens is 292 g/mol. The van der Waals surface area contributed by atoms with Crippen LogP contribution in [0.3, 0.4) is 0 Å². The summed E-state index contributed by atoms with van der Waals surface area (Å²) in [6.07, 6.45) is 2.69. The first kappa shape index (κ1) is 17.6. The van der Waals surface area contributed by atoms with E-state index in [1.54, 1.807) is 13.2 Å². The second kappa shape index (κ2) is 8.20. The van der Waals surface area contributed by atoms with Crippen LogP contribution in [0.4, 0.5) is 0 Å². The molecular formula is C18H28N2O3. The van der Waals surface area contributed by atoms with Gasteiger partial charge in [0.15, 0.2) is 11.5 Å². The molecule has 5 nitrogen and oxygen atoms in total. The topological polar surface area (TPSA) is 61.8 Å². The first-order chi connectivity index (χ1) is 11.0. The quantitative estimate of drug-likeness (QED) is 0.845.